The highest BCUT2D eigenvalue weighted by Gasteiger charge is 2.74. The molecule has 4 heterocycles. The molecule has 6 nitrogen and oxygen atoms in total. The molecule has 0 unspecified atom stereocenters. The lowest BCUT2D eigenvalue weighted by atomic mass is 9.75. The first-order chi connectivity index (χ1) is 14.9. The zero-order valence-electron chi connectivity index (χ0n) is 16.7. The second-order valence-corrected chi connectivity index (χ2v) is 10.1. The van der Waals surface area contributed by atoms with Crippen LogP contribution in [0, 0.1) is 18.8 Å². The van der Waals surface area contributed by atoms with E-state index >= 15 is 0 Å². The van der Waals surface area contributed by atoms with Crippen LogP contribution >= 0.6 is 27.5 Å². The largest absolute Gasteiger partial charge is 0.323 e. The van der Waals surface area contributed by atoms with Gasteiger partial charge in [0.05, 0.1) is 28.2 Å². The molecule has 0 bridgehead atoms. The third-order valence-corrected chi connectivity index (χ3v) is 8.11. The fourth-order valence-electron chi connectivity index (χ4n) is 6.24. The smallest absolute Gasteiger partial charge is 0.250 e. The van der Waals surface area contributed by atoms with Crippen molar-refractivity contribution in [2.45, 2.75) is 31.3 Å². The summed E-state index contributed by atoms with van der Waals surface area (Å²) in [5.41, 5.74) is 1.54. The maximum absolute atomic E-state index is 13.9. The Balaban J connectivity index is 1.57. The maximum atomic E-state index is 13.9. The molecule has 3 saturated heterocycles. The van der Waals surface area contributed by atoms with Crippen molar-refractivity contribution in [2.24, 2.45) is 11.8 Å². The SMILES string of the molecule is Cc1cc(Cl)c2c(c1)[C@]1(C(=O)N2)[C@@H]2C(=O)N(c3ccc(Br)cc3)C(=O)[C@H]2[C@H]2CCCN21. The molecule has 1 spiro atoms. The average molecular weight is 501 g/mol. The van der Waals surface area contributed by atoms with Gasteiger partial charge in [0.25, 0.3) is 5.91 Å². The maximum Gasteiger partial charge on any atom is 0.250 e. The molecule has 2 aromatic carbocycles. The molecule has 0 aromatic heterocycles. The summed E-state index contributed by atoms with van der Waals surface area (Å²) in [5.74, 6) is -2.10. The van der Waals surface area contributed by atoms with Crippen molar-refractivity contribution in [2.75, 3.05) is 16.8 Å². The molecule has 0 radical (unpaired) electrons. The van der Waals surface area contributed by atoms with Gasteiger partial charge in [-0.25, -0.2) is 4.90 Å². The van der Waals surface area contributed by atoms with Crippen molar-refractivity contribution < 1.29 is 14.4 Å². The average Bonchev–Trinajstić information content (AvgIpc) is 3.42. The minimum Gasteiger partial charge on any atom is -0.323 e. The van der Waals surface area contributed by atoms with Crippen LogP contribution in [0.25, 0.3) is 0 Å². The summed E-state index contributed by atoms with van der Waals surface area (Å²) < 4.78 is 0.864. The molecule has 8 heteroatoms. The van der Waals surface area contributed by atoms with Gasteiger partial charge in [-0.15, -0.1) is 0 Å². The molecule has 4 atom stereocenters. The first-order valence-electron chi connectivity index (χ1n) is 10.4. The van der Waals surface area contributed by atoms with E-state index in [0.717, 1.165) is 28.4 Å². The van der Waals surface area contributed by atoms with Crippen LogP contribution in [0.2, 0.25) is 5.02 Å². The van der Waals surface area contributed by atoms with Crippen LogP contribution in [0.1, 0.15) is 24.0 Å². The Hall–Kier alpha value is -2.22. The standard InChI is InChI=1S/C23H19BrClN3O3/c1-11-9-14-19(15(25)10-11)26-22(31)23(14)18-17(16-3-2-8-27(16)23)20(29)28(21(18)30)13-6-4-12(24)5-7-13/h4-7,9-10,16-18H,2-3,8H2,1H3,(H,26,31)/t16-,17+,18+,23-/m1/s1. The summed E-state index contributed by atoms with van der Waals surface area (Å²) in [6, 6.07) is 10.7. The second-order valence-electron chi connectivity index (χ2n) is 8.78. The van der Waals surface area contributed by atoms with E-state index in [4.69, 9.17) is 11.6 Å². The number of rotatable bonds is 1. The number of benzene rings is 2. The van der Waals surface area contributed by atoms with Gasteiger partial charge in [-0.2, -0.15) is 0 Å². The molecule has 6 rings (SSSR count). The Kier molecular flexibility index (Phi) is 4.02. The Morgan fingerprint density at radius 3 is 2.61 bits per heavy atom. The molecule has 1 N–H and O–H groups in total. The van der Waals surface area contributed by atoms with E-state index in [9.17, 15) is 14.4 Å². The number of imide groups is 1. The lowest BCUT2D eigenvalue weighted by Crippen LogP contribution is -2.54. The molecule has 4 aliphatic rings. The summed E-state index contributed by atoms with van der Waals surface area (Å²) in [4.78, 5) is 44.5. The molecule has 3 amide bonds. The number of hydrogen-bond acceptors (Lipinski definition) is 4. The summed E-state index contributed by atoms with van der Waals surface area (Å²) in [7, 11) is 0. The predicted octanol–water partition coefficient (Wildman–Crippen LogP) is 3.84. The topological polar surface area (TPSA) is 69.7 Å². The van der Waals surface area contributed by atoms with E-state index < -0.39 is 17.4 Å². The van der Waals surface area contributed by atoms with Crippen LogP contribution in [-0.2, 0) is 19.9 Å². The van der Waals surface area contributed by atoms with Gasteiger partial charge in [0.15, 0.2) is 0 Å². The predicted molar refractivity (Wildman–Crippen MR) is 120 cm³/mol. The normalized spacial score (nSPS) is 31.4. The third kappa shape index (κ3) is 2.29. The van der Waals surface area contributed by atoms with Gasteiger partial charge in [0, 0.05) is 16.1 Å². The number of carbonyl (C=O) groups excluding carboxylic acids is 3. The fourth-order valence-corrected chi connectivity index (χ4v) is 6.83. The van der Waals surface area contributed by atoms with Crippen molar-refractivity contribution in [3.8, 4) is 0 Å². The minimum atomic E-state index is -1.20. The lowest BCUT2D eigenvalue weighted by molar-refractivity contribution is -0.135. The van der Waals surface area contributed by atoms with E-state index in [1.54, 1.807) is 12.1 Å². The number of aryl methyl sites for hydroxylation is 1. The van der Waals surface area contributed by atoms with Gasteiger partial charge in [0.1, 0.15) is 5.54 Å². The summed E-state index contributed by atoms with van der Waals surface area (Å²) >= 11 is 9.89. The Morgan fingerprint density at radius 1 is 1.13 bits per heavy atom. The number of nitrogens with one attached hydrogen (secondary N) is 1. The monoisotopic (exact) mass is 499 g/mol. The third-order valence-electron chi connectivity index (χ3n) is 7.28. The molecule has 2 aromatic rings. The number of carbonyl (C=O) groups is 3. The van der Waals surface area contributed by atoms with Gasteiger partial charge in [0.2, 0.25) is 11.8 Å². The molecule has 0 saturated carbocycles. The molecule has 3 fully saturated rings. The second kappa shape index (κ2) is 6.40. The molecular formula is C23H19BrClN3O3. The zero-order chi connectivity index (χ0) is 21.7. The van der Waals surface area contributed by atoms with Crippen LogP contribution in [0.3, 0.4) is 0 Å². The van der Waals surface area contributed by atoms with Crippen LogP contribution in [0.4, 0.5) is 11.4 Å². The number of anilines is 2. The highest BCUT2D eigenvalue weighted by atomic mass is 79.9. The highest BCUT2D eigenvalue weighted by molar-refractivity contribution is 9.10. The van der Waals surface area contributed by atoms with E-state index in [0.29, 0.717) is 22.9 Å². The zero-order valence-corrected chi connectivity index (χ0v) is 19.0. The number of nitrogens with zero attached hydrogens (tertiary/aromatic N) is 2. The van der Waals surface area contributed by atoms with Crippen LogP contribution in [-0.4, -0.2) is 35.2 Å². The van der Waals surface area contributed by atoms with Crippen molar-refractivity contribution in [1.82, 2.24) is 4.90 Å². The number of hydrogen-bond donors (Lipinski definition) is 1. The minimum absolute atomic E-state index is 0.141. The van der Waals surface area contributed by atoms with Gasteiger partial charge in [-0.05, 0) is 62.2 Å². The fraction of sp³-hybridized carbons (Fsp3) is 0.348. The Morgan fingerprint density at radius 2 is 1.87 bits per heavy atom. The van der Waals surface area contributed by atoms with Crippen molar-refractivity contribution in [3.05, 3.63) is 57.0 Å². The molecule has 158 valence electrons. The molecule has 31 heavy (non-hydrogen) atoms. The van der Waals surface area contributed by atoms with E-state index in [1.165, 1.54) is 4.90 Å². The van der Waals surface area contributed by atoms with Crippen LogP contribution in [0.15, 0.2) is 40.9 Å². The first-order valence-corrected chi connectivity index (χ1v) is 11.5. The first kappa shape index (κ1) is 19.5. The van der Waals surface area contributed by atoms with Gasteiger partial charge in [-0.3, -0.25) is 19.3 Å². The Labute approximate surface area is 192 Å². The summed E-state index contributed by atoms with van der Waals surface area (Å²) in [5, 5.41) is 3.41. The van der Waals surface area contributed by atoms with Crippen molar-refractivity contribution >= 4 is 56.6 Å². The molecular weight excluding hydrogens is 482 g/mol. The Bertz CT molecular complexity index is 1180. The van der Waals surface area contributed by atoms with Gasteiger partial charge >= 0.3 is 0 Å². The highest BCUT2D eigenvalue weighted by Crippen LogP contribution is 2.61. The number of fused-ring (bicyclic) bond motifs is 7. The quantitative estimate of drug-likeness (QED) is 0.604. The summed E-state index contributed by atoms with van der Waals surface area (Å²) in [6.07, 6.45) is 1.68. The van der Waals surface area contributed by atoms with E-state index in [-0.39, 0.29) is 23.8 Å². The molecule has 0 aliphatic carbocycles. The lowest BCUT2D eigenvalue weighted by Gasteiger charge is -2.36. The van der Waals surface area contributed by atoms with Crippen LogP contribution < -0.4 is 10.2 Å². The van der Waals surface area contributed by atoms with E-state index in [1.807, 2.05) is 31.2 Å². The van der Waals surface area contributed by atoms with Crippen molar-refractivity contribution in [1.29, 1.82) is 0 Å². The van der Waals surface area contributed by atoms with E-state index in [2.05, 4.69) is 26.1 Å². The molecule has 4 aliphatic heterocycles. The summed E-state index contributed by atoms with van der Waals surface area (Å²) in [6.45, 7) is 2.60. The number of amides is 3. The number of halogens is 2. The van der Waals surface area contributed by atoms with Gasteiger partial charge < -0.3 is 5.32 Å². The van der Waals surface area contributed by atoms with Crippen LogP contribution in [0.5, 0.6) is 0 Å². The van der Waals surface area contributed by atoms with Gasteiger partial charge in [-0.1, -0.05) is 33.6 Å². The van der Waals surface area contributed by atoms with Crippen molar-refractivity contribution in [3.63, 3.8) is 0 Å².